The summed E-state index contributed by atoms with van der Waals surface area (Å²) in [6, 6.07) is 7.46. The third kappa shape index (κ3) is 3.62. The predicted molar refractivity (Wildman–Crippen MR) is 87.1 cm³/mol. The van der Waals surface area contributed by atoms with E-state index in [4.69, 9.17) is 0 Å². The van der Waals surface area contributed by atoms with E-state index in [1.54, 1.807) is 0 Å². The third-order valence-electron chi connectivity index (χ3n) is 4.95. The minimum absolute atomic E-state index is 0.252. The lowest BCUT2D eigenvalue weighted by atomic mass is 9.97. The Morgan fingerprint density at radius 2 is 2.10 bits per heavy atom. The molecule has 1 N–H and O–H groups in total. The topological polar surface area (TPSA) is 15.3 Å². The van der Waals surface area contributed by atoms with Crippen molar-refractivity contribution in [1.29, 1.82) is 0 Å². The smallest absolute Gasteiger partial charge is 0.0278 e. The van der Waals surface area contributed by atoms with Crippen LogP contribution in [0.2, 0.25) is 0 Å². The lowest BCUT2D eigenvalue weighted by Crippen LogP contribution is -2.49. The Hall–Kier alpha value is -0.860. The largest absolute Gasteiger partial charge is 0.310 e. The summed E-state index contributed by atoms with van der Waals surface area (Å²) in [6.07, 6.45) is 2.42. The van der Waals surface area contributed by atoms with Crippen molar-refractivity contribution in [2.75, 3.05) is 13.1 Å². The summed E-state index contributed by atoms with van der Waals surface area (Å²) < 4.78 is 0. The first-order valence-corrected chi connectivity index (χ1v) is 7.99. The van der Waals surface area contributed by atoms with Crippen LogP contribution in [0, 0.1) is 13.8 Å². The van der Waals surface area contributed by atoms with Crippen LogP contribution < -0.4 is 5.32 Å². The third-order valence-corrected chi connectivity index (χ3v) is 4.95. The number of rotatable bonds is 3. The molecular weight excluding hydrogens is 244 g/mol. The molecule has 2 rings (SSSR count). The van der Waals surface area contributed by atoms with Gasteiger partial charge in [-0.1, -0.05) is 30.7 Å². The molecule has 0 radical (unpaired) electrons. The molecule has 2 nitrogen and oxygen atoms in total. The van der Waals surface area contributed by atoms with Crippen LogP contribution in [0.5, 0.6) is 0 Å². The molecule has 20 heavy (non-hydrogen) atoms. The lowest BCUT2D eigenvalue weighted by Gasteiger charge is -2.35. The maximum absolute atomic E-state index is 3.74. The summed E-state index contributed by atoms with van der Waals surface area (Å²) in [7, 11) is 0. The Kier molecular flexibility index (Phi) is 4.87. The zero-order chi connectivity index (χ0) is 14.8. The monoisotopic (exact) mass is 274 g/mol. The van der Waals surface area contributed by atoms with E-state index in [0.717, 1.165) is 19.6 Å². The zero-order valence-electron chi connectivity index (χ0n) is 13.8. The number of aryl methyl sites for hydroxylation is 2. The van der Waals surface area contributed by atoms with Crippen LogP contribution in [0.4, 0.5) is 0 Å². The van der Waals surface area contributed by atoms with E-state index >= 15 is 0 Å². The number of nitrogens with one attached hydrogen (secondary N) is 1. The number of hydrogen-bond acceptors (Lipinski definition) is 2. The molecule has 112 valence electrons. The van der Waals surface area contributed by atoms with E-state index in [0.29, 0.717) is 6.04 Å². The van der Waals surface area contributed by atoms with Crippen LogP contribution in [0.1, 0.15) is 50.3 Å². The van der Waals surface area contributed by atoms with E-state index < -0.39 is 0 Å². The van der Waals surface area contributed by atoms with Crippen LogP contribution in [0.15, 0.2) is 18.2 Å². The van der Waals surface area contributed by atoms with E-state index in [2.05, 4.69) is 63.0 Å². The molecule has 0 amide bonds. The maximum Gasteiger partial charge on any atom is 0.0278 e. The van der Waals surface area contributed by atoms with E-state index in [9.17, 15) is 0 Å². The molecule has 0 aliphatic carbocycles. The molecule has 2 unspecified atom stereocenters. The molecule has 2 heteroatoms. The van der Waals surface area contributed by atoms with Crippen molar-refractivity contribution in [1.82, 2.24) is 10.2 Å². The van der Waals surface area contributed by atoms with Gasteiger partial charge in [0, 0.05) is 24.7 Å². The molecule has 2 atom stereocenters. The normalized spacial score (nSPS) is 28.4. The van der Waals surface area contributed by atoms with Gasteiger partial charge >= 0.3 is 0 Å². The molecule has 0 bridgehead atoms. The molecule has 1 heterocycles. The second-order valence-corrected chi connectivity index (χ2v) is 6.81. The second kappa shape index (κ2) is 6.28. The first-order chi connectivity index (χ1) is 9.43. The Balaban J connectivity index is 2.18. The minimum Gasteiger partial charge on any atom is -0.310 e. The summed E-state index contributed by atoms with van der Waals surface area (Å²) in [5.74, 6) is 0. The predicted octanol–water partition coefficient (Wildman–Crippen LogP) is 3.66. The van der Waals surface area contributed by atoms with Gasteiger partial charge in [0.15, 0.2) is 0 Å². The number of hydrogen-bond donors (Lipinski definition) is 1. The van der Waals surface area contributed by atoms with Gasteiger partial charge < -0.3 is 5.32 Å². The molecule has 0 spiro atoms. The van der Waals surface area contributed by atoms with E-state index in [1.807, 2.05) is 0 Å². The zero-order valence-corrected chi connectivity index (χ0v) is 13.8. The van der Waals surface area contributed by atoms with Crippen LogP contribution in [-0.2, 0) is 6.54 Å². The van der Waals surface area contributed by atoms with Gasteiger partial charge in [-0.25, -0.2) is 0 Å². The molecule has 1 aliphatic heterocycles. The molecule has 1 aromatic rings. The van der Waals surface area contributed by atoms with Crippen LogP contribution in [-0.4, -0.2) is 29.6 Å². The molecule has 1 aromatic carbocycles. The lowest BCUT2D eigenvalue weighted by molar-refractivity contribution is 0.163. The van der Waals surface area contributed by atoms with Crippen molar-refractivity contribution in [3.63, 3.8) is 0 Å². The average molecular weight is 274 g/mol. The molecular formula is C18H30N2. The Labute approximate surface area is 124 Å². The van der Waals surface area contributed by atoms with Crippen LogP contribution in [0.3, 0.4) is 0 Å². The minimum atomic E-state index is 0.252. The fraction of sp³-hybridized carbons (Fsp3) is 0.667. The van der Waals surface area contributed by atoms with Crippen molar-refractivity contribution < 1.29 is 0 Å². The van der Waals surface area contributed by atoms with E-state index in [1.165, 1.54) is 29.5 Å². The molecule has 1 aliphatic rings. The molecule has 1 saturated heterocycles. The highest BCUT2D eigenvalue weighted by Crippen LogP contribution is 2.22. The maximum atomic E-state index is 3.74. The van der Waals surface area contributed by atoms with Crippen molar-refractivity contribution in [2.24, 2.45) is 0 Å². The fourth-order valence-electron chi connectivity index (χ4n) is 3.06. The quantitative estimate of drug-likeness (QED) is 0.905. The van der Waals surface area contributed by atoms with Gasteiger partial charge in [-0.05, 0) is 58.2 Å². The average Bonchev–Trinajstić information content (AvgIpc) is 2.55. The molecule has 1 fully saturated rings. The standard InChI is InChI=1S/C18H30N2/c1-6-18(5)13-20(16(4)9-10-19-18)12-17-11-14(2)7-8-15(17)3/h7-8,11,16,19H,6,9-10,12-13H2,1-5H3. The van der Waals surface area contributed by atoms with Gasteiger partial charge in [0.05, 0.1) is 0 Å². The number of benzene rings is 1. The van der Waals surface area contributed by atoms with E-state index in [-0.39, 0.29) is 5.54 Å². The first kappa shape index (κ1) is 15.5. The van der Waals surface area contributed by atoms with Crippen molar-refractivity contribution in [3.05, 3.63) is 34.9 Å². The summed E-state index contributed by atoms with van der Waals surface area (Å²) >= 11 is 0. The number of nitrogens with zero attached hydrogens (tertiary/aromatic N) is 1. The van der Waals surface area contributed by atoms with Gasteiger partial charge in [-0.2, -0.15) is 0 Å². The van der Waals surface area contributed by atoms with Crippen molar-refractivity contribution in [2.45, 2.75) is 65.6 Å². The van der Waals surface area contributed by atoms with Gasteiger partial charge in [0.2, 0.25) is 0 Å². The highest BCUT2D eigenvalue weighted by molar-refractivity contribution is 5.30. The van der Waals surface area contributed by atoms with Gasteiger partial charge in [-0.15, -0.1) is 0 Å². The Morgan fingerprint density at radius 1 is 1.35 bits per heavy atom. The van der Waals surface area contributed by atoms with Gasteiger partial charge in [-0.3, -0.25) is 4.90 Å². The van der Waals surface area contributed by atoms with Crippen LogP contribution >= 0.6 is 0 Å². The summed E-state index contributed by atoms with van der Waals surface area (Å²) in [5.41, 5.74) is 4.52. The van der Waals surface area contributed by atoms with Gasteiger partial charge in [0.1, 0.15) is 0 Å². The Bertz CT molecular complexity index is 455. The van der Waals surface area contributed by atoms with Crippen LogP contribution in [0.25, 0.3) is 0 Å². The van der Waals surface area contributed by atoms with Crippen molar-refractivity contribution >= 4 is 0 Å². The first-order valence-electron chi connectivity index (χ1n) is 7.99. The second-order valence-electron chi connectivity index (χ2n) is 6.81. The summed E-state index contributed by atoms with van der Waals surface area (Å²) in [5, 5.41) is 3.74. The van der Waals surface area contributed by atoms with Gasteiger partial charge in [0.25, 0.3) is 0 Å². The molecule has 0 saturated carbocycles. The fourth-order valence-corrected chi connectivity index (χ4v) is 3.06. The highest BCUT2D eigenvalue weighted by Gasteiger charge is 2.30. The Morgan fingerprint density at radius 3 is 2.80 bits per heavy atom. The summed E-state index contributed by atoms with van der Waals surface area (Å²) in [6.45, 7) is 14.8. The highest BCUT2D eigenvalue weighted by atomic mass is 15.2. The molecule has 0 aromatic heterocycles. The van der Waals surface area contributed by atoms with Crippen molar-refractivity contribution in [3.8, 4) is 0 Å². The SMILES string of the molecule is CCC1(C)CN(Cc2cc(C)ccc2C)C(C)CCN1. The summed E-state index contributed by atoms with van der Waals surface area (Å²) in [4.78, 5) is 2.66.